The van der Waals surface area contributed by atoms with Crippen LogP contribution in [0.25, 0.3) is 0 Å². The van der Waals surface area contributed by atoms with E-state index >= 15 is 0 Å². The van der Waals surface area contributed by atoms with Crippen molar-refractivity contribution in [2.75, 3.05) is 6.61 Å². The molecule has 0 fully saturated rings. The number of carboxylic acids is 1. The molecule has 0 atom stereocenters. The minimum absolute atomic E-state index is 0.0354. The first-order chi connectivity index (χ1) is 11.7. The SMILES string of the molecule is CCCCOC(=O)CCCCCCCCCCCCCCC(=O)O. The molecule has 142 valence electrons. The Balaban J connectivity index is 3.10. The van der Waals surface area contributed by atoms with E-state index in [2.05, 4.69) is 6.92 Å². The lowest BCUT2D eigenvalue weighted by Crippen LogP contribution is -2.05. The quantitative estimate of drug-likeness (QED) is 0.250. The largest absolute Gasteiger partial charge is 0.481 e. The minimum atomic E-state index is -0.677. The molecule has 0 aromatic carbocycles. The first-order valence-electron chi connectivity index (χ1n) is 10.0. The van der Waals surface area contributed by atoms with Gasteiger partial charge in [-0.2, -0.15) is 0 Å². The van der Waals surface area contributed by atoms with Gasteiger partial charge in [0.2, 0.25) is 0 Å². The fraction of sp³-hybridized carbons (Fsp3) is 0.900. The fourth-order valence-electron chi connectivity index (χ4n) is 2.72. The van der Waals surface area contributed by atoms with Crippen LogP contribution in [-0.2, 0) is 14.3 Å². The molecular formula is C20H38O4. The van der Waals surface area contributed by atoms with Crippen LogP contribution < -0.4 is 0 Å². The number of unbranched alkanes of at least 4 members (excludes halogenated alkanes) is 12. The molecule has 24 heavy (non-hydrogen) atoms. The van der Waals surface area contributed by atoms with Crippen LogP contribution in [0.5, 0.6) is 0 Å². The van der Waals surface area contributed by atoms with E-state index in [4.69, 9.17) is 9.84 Å². The van der Waals surface area contributed by atoms with E-state index in [1.165, 1.54) is 51.4 Å². The van der Waals surface area contributed by atoms with Crippen molar-refractivity contribution < 1.29 is 19.4 Å². The van der Waals surface area contributed by atoms with Crippen LogP contribution in [-0.4, -0.2) is 23.7 Å². The van der Waals surface area contributed by atoms with Crippen molar-refractivity contribution in [2.24, 2.45) is 0 Å². The Bertz CT molecular complexity index is 302. The molecule has 0 saturated heterocycles. The molecule has 0 rings (SSSR count). The number of aliphatic carboxylic acids is 1. The van der Waals surface area contributed by atoms with E-state index in [1.807, 2.05) is 0 Å². The molecule has 0 spiro atoms. The molecule has 1 N–H and O–H groups in total. The monoisotopic (exact) mass is 342 g/mol. The van der Waals surface area contributed by atoms with E-state index in [9.17, 15) is 9.59 Å². The predicted octanol–water partition coefficient (Wildman–Crippen LogP) is 5.88. The van der Waals surface area contributed by atoms with Crippen LogP contribution in [0.1, 0.15) is 110 Å². The van der Waals surface area contributed by atoms with Gasteiger partial charge in [-0.05, 0) is 19.3 Å². The Morgan fingerprint density at radius 2 is 1.08 bits per heavy atom. The average Bonchev–Trinajstić information content (AvgIpc) is 2.55. The smallest absolute Gasteiger partial charge is 0.305 e. The zero-order valence-corrected chi connectivity index (χ0v) is 15.7. The highest BCUT2D eigenvalue weighted by Gasteiger charge is 2.02. The van der Waals surface area contributed by atoms with Crippen molar-refractivity contribution in [3.05, 3.63) is 0 Å². The molecule has 0 heterocycles. The summed E-state index contributed by atoms with van der Waals surface area (Å²) in [6.45, 7) is 2.67. The van der Waals surface area contributed by atoms with Crippen molar-refractivity contribution in [3.63, 3.8) is 0 Å². The maximum atomic E-state index is 11.4. The molecule has 0 aromatic rings. The number of hydrogen-bond acceptors (Lipinski definition) is 3. The van der Waals surface area contributed by atoms with Gasteiger partial charge in [0, 0.05) is 12.8 Å². The number of carboxylic acid groups (broad SMARTS) is 1. The number of carbonyl (C=O) groups excluding carboxylic acids is 1. The van der Waals surface area contributed by atoms with Crippen molar-refractivity contribution in [1.29, 1.82) is 0 Å². The molecule has 0 amide bonds. The summed E-state index contributed by atoms with van der Waals surface area (Å²) < 4.78 is 5.13. The number of hydrogen-bond donors (Lipinski definition) is 1. The van der Waals surface area contributed by atoms with E-state index in [0.29, 0.717) is 19.4 Å². The molecule has 0 aliphatic rings. The van der Waals surface area contributed by atoms with E-state index < -0.39 is 5.97 Å². The normalized spacial score (nSPS) is 10.7. The third-order valence-electron chi connectivity index (χ3n) is 4.28. The predicted molar refractivity (Wildman–Crippen MR) is 98.1 cm³/mol. The molecule has 4 heteroatoms. The summed E-state index contributed by atoms with van der Waals surface area (Å²) >= 11 is 0. The van der Waals surface area contributed by atoms with E-state index in [0.717, 1.165) is 38.5 Å². The lowest BCUT2D eigenvalue weighted by molar-refractivity contribution is -0.144. The van der Waals surface area contributed by atoms with Gasteiger partial charge < -0.3 is 9.84 Å². The summed E-state index contributed by atoms with van der Waals surface area (Å²) in [6.07, 6.45) is 16.9. The zero-order chi connectivity index (χ0) is 17.9. The maximum absolute atomic E-state index is 11.4. The second-order valence-electron chi connectivity index (χ2n) is 6.71. The number of rotatable bonds is 18. The summed E-state index contributed by atoms with van der Waals surface area (Å²) in [5.74, 6) is -0.713. The van der Waals surface area contributed by atoms with Gasteiger partial charge in [-0.25, -0.2) is 0 Å². The van der Waals surface area contributed by atoms with Gasteiger partial charge >= 0.3 is 11.9 Å². The number of carbonyl (C=O) groups is 2. The highest BCUT2D eigenvalue weighted by Crippen LogP contribution is 2.13. The molecular weight excluding hydrogens is 304 g/mol. The third kappa shape index (κ3) is 19.0. The molecule has 4 nitrogen and oxygen atoms in total. The first-order valence-corrected chi connectivity index (χ1v) is 10.0. The molecule has 0 aliphatic carbocycles. The zero-order valence-electron chi connectivity index (χ0n) is 15.7. The Hall–Kier alpha value is -1.06. The topological polar surface area (TPSA) is 63.6 Å². The molecule has 0 aromatic heterocycles. The van der Waals surface area contributed by atoms with Gasteiger partial charge in [0.1, 0.15) is 0 Å². The highest BCUT2D eigenvalue weighted by atomic mass is 16.5. The van der Waals surface area contributed by atoms with Gasteiger partial charge in [0.25, 0.3) is 0 Å². The van der Waals surface area contributed by atoms with E-state index in [-0.39, 0.29) is 5.97 Å². The molecule has 0 bridgehead atoms. The van der Waals surface area contributed by atoms with Crippen LogP contribution in [0, 0.1) is 0 Å². The second kappa shape index (κ2) is 18.3. The molecule has 0 aliphatic heterocycles. The van der Waals surface area contributed by atoms with Crippen LogP contribution in [0.3, 0.4) is 0 Å². The van der Waals surface area contributed by atoms with E-state index in [1.54, 1.807) is 0 Å². The van der Waals surface area contributed by atoms with Crippen LogP contribution in [0.15, 0.2) is 0 Å². The lowest BCUT2D eigenvalue weighted by Gasteiger charge is -2.04. The Morgan fingerprint density at radius 3 is 1.50 bits per heavy atom. The van der Waals surface area contributed by atoms with Gasteiger partial charge in [-0.15, -0.1) is 0 Å². The summed E-state index contributed by atoms with van der Waals surface area (Å²) in [5, 5.41) is 8.54. The average molecular weight is 343 g/mol. The summed E-state index contributed by atoms with van der Waals surface area (Å²) in [5.41, 5.74) is 0. The molecule has 0 saturated carbocycles. The fourth-order valence-corrected chi connectivity index (χ4v) is 2.72. The Labute approximate surface area is 148 Å². The van der Waals surface area contributed by atoms with Crippen molar-refractivity contribution in [3.8, 4) is 0 Å². The molecule has 0 unspecified atom stereocenters. The summed E-state index contributed by atoms with van der Waals surface area (Å²) in [7, 11) is 0. The summed E-state index contributed by atoms with van der Waals surface area (Å²) in [6, 6.07) is 0. The van der Waals surface area contributed by atoms with Gasteiger partial charge in [-0.1, -0.05) is 77.6 Å². The van der Waals surface area contributed by atoms with Crippen LogP contribution >= 0.6 is 0 Å². The number of ether oxygens (including phenoxy) is 1. The van der Waals surface area contributed by atoms with Gasteiger partial charge in [0.15, 0.2) is 0 Å². The first kappa shape index (κ1) is 22.9. The minimum Gasteiger partial charge on any atom is -0.481 e. The Morgan fingerprint density at radius 1 is 0.667 bits per heavy atom. The van der Waals surface area contributed by atoms with Crippen LogP contribution in [0.2, 0.25) is 0 Å². The van der Waals surface area contributed by atoms with Crippen molar-refractivity contribution in [1.82, 2.24) is 0 Å². The second-order valence-corrected chi connectivity index (χ2v) is 6.71. The van der Waals surface area contributed by atoms with Crippen molar-refractivity contribution in [2.45, 2.75) is 110 Å². The van der Waals surface area contributed by atoms with Gasteiger partial charge in [-0.3, -0.25) is 9.59 Å². The van der Waals surface area contributed by atoms with Gasteiger partial charge in [0.05, 0.1) is 6.61 Å². The lowest BCUT2D eigenvalue weighted by atomic mass is 10.0. The summed E-state index contributed by atoms with van der Waals surface area (Å²) in [4.78, 5) is 21.8. The maximum Gasteiger partial charge on any atom is 0.305 e. The molecule has 0 radical (unpaired) electrons. The number of esters is 1. The highest BCUT2D eigenvalue weighted by molar-refractivity contribution is 5.69. The Kier molecular flexibility index (Phi) is 17.5. The third-order valence-corrected chi connectivity index (χ3v) is 4.28. The standard InChI is InChI=1S/C20H38O4/c1-2-3-18-24-20(23)17-15-13-11-9-7-5-4-6-8-10-12-14-16-19(21)22/h2-18H2,1H3,(H,21,22). The van der Waals surface area contributed by atoms with Crippen molar-refractivity contribution >= 4 is 11.9 Å². The van der Waals surface area contributed by atoms with Crippen LogP contribution in [0.4, 0.5) is 0 Å².